The van der Waals surface area contributed by atoms with Gasteiger partial charge in [0.05, 0.1) is 0 Å². The van der Waals surface area contributed by atoms with E-state index in [9.17, 15) is 37.9 Å². The monoisotopic (exact) mass is 548 g/mol. The lowest BCUT2D eigenvalue weighted by atomic mass is 9.86. The molecule has 4 heterocycles. The van der Waals surface area contributed by atoms with Crippen LogP contribution in [0.25, 0.3) is 6.08 Å². The van der Waals surface area contributed by atoms with Crippen LogP contribution >= 0.6 is 34.4 Å². The molecular formula is C18H15F3N6O5S3. The molecule has 186 valence electrons. The van der Waals surface area contributed by atoms with E-state index in [2.05, 4.69) is 20.4 Å². The third kappa shape index (κ3) is 4.70. The number of thioether (sulfide) groups is 1. The van der Waals surface area contributed by atoms with Gasteiger partial charge in [-0.25, -0.2) is 9.97 Å². The summed E-state index contributed by atoms with van der Waals surface area (Å²) in [7, 11) is 0. The van der Waals surface area contributed by atoms with Gasteiger partial charge in [0.1, 0.15) is 22.5 Å². The van der Waals surface area contributed by atoms with E-state index in [1.807, 2.05) is 0 Å². The molecule has 0 bridgehead atoms. The summed E-state index contributed by atoms with van der Waals surface area (Å²) in [5, 5.41) is 24.3. The number of fused-ring (bicyclic) bond motifs is 1. The van der Waals surface area contributed by atoms with Gasteiger partial charge in [-0.15, -0.1) is 34.4 Å². The zero-order chi connectivity index (χ0) is 25.5. The number of nitrogens with one attached hydrogen (secondary N) is 1. The van der Waals surface area contributed by atoms with Crippen LogP contribution < -0.4 is 11.1 Å². The standard InChI is InChI=1S/C18H15F3N6O5S3/c19-18(20,21)14-23-3-7(35-14)1-2-17(15(30)31)5-27-12(29)10(13(27)34-6-17)25-11(28)9(26-32)8-4-33-16(22)24-8/h1-4,10,13,32H,5-6H2,(H2,22,24)(H,25,28)(H,30,31)/t10?,13-,17?/m1/s1. The first kappa shape index (κ1) is 24.9. The van der Waals surface area contributed by atoms with Gasteiger partial charge in [-0.1, -0.05) is 11.2 Å². The maximum atomic E-state index is 12.8. The molecule has 2 aromatic heterocycles. The van der Waals surface area contributed by atoms with Gasteiger partial charge in [0.15, 0.2) is 15.9 Å². The van der Waals surface area contributed by atoms with Crippen LogP contribution in [0, 0.1) is 5.41 Å². The summed E-state index contributed by atoms with van der Waals surface area (Å²) < 4.78 is 38.3. The Kier molecular flexibility index (Phi) is 6.50. The number of rotatable bonds is 6. The molecule has 2 aliphatic heterocycles. The van der Waals surface area contributed by atoms with Gasteiger partial charge in [-0.2, -0.15) is 13.2 Å². The Morgan fingerprint density at radius 3 is 2.71 bits per heavy atom. The number of hydrogen-bond acceptors (Lipinski definition) is 11. The summed E-state index contributed by atoms with van der Waals surface area (Å²) in [4.78, 5) is 45.8. The van der Waals surface area contributed by atoms with Crippen LogP contribution in [-0.4, -0.2) is 72.4 Å². The molecule has 0 aromatic carbocycles. The summed E-state index contributed by atoms with van der Waals surface area (Å²) in [6.45, 7) is -0.240. The number of carbonyl (C=O) groups excluding carboxylic acids is 2. The quantitative estimate of drug-likeness (QED) is 0.181. The molecule has 2 aromatic rings. The summed E-state index contributed by atoms with van der Waals surface area (Å²) in [6, 6.07) is -0.994. The minimum Gasteiger partial charge on any atom is -0.481 e. The van der Waals surface area contributed by atoms with E-state index in [1.54, 1.807) is 0 Å². The Balaban J connectivity index is 1.45. The summed E-state index contributed by atoms with van der Waals surface area (Å²) in [5.41, 5.74) is 3.56. The molecular weight excluding hydrogens is 533 g/mol. The van der Waals surface area contributed by atoms with Gasteiger partial charge in [-0.3, -0.25) is 14.4 Å². The highest BCUT2D eigenvalue weighted by molar-refractivity contribution is 8.00. The fraction of sp³-hybridized carbons (Fsp3) is 0.333. The summed E-state index contributed by atoms with van der Waals surface area (Å²) in [5.74, 6) is -2.68. The lowest BCUT2D eigenvalue weighted by Gasteiger charge is -2.53. The van der Waals surface area contributed by atoms with Crippen LogP contribution in [0.3, 0.4) is 0 Å². The Morgan fingerprint density at radius 1 is 1.40 bits per heavy atom. The number of anilines is 1. The van der Waals surface area contributed by atoms with Crippen LogP contribution in [0.1, 0.15) is 15.6 Å². The molecule has 2 unspecified atom stereocenters. The van der Waals surface area contributed by atoms with Gasteiger partial charge in [0.2, 0.25) is 5.91 Å². The summed E-state index contributed by atoms with van der Waals surface area (Å²) >= 11 is 2.49. The van der Waals surface area contributed by atoms with Crippen molar-refractivity contribution in [2.75, 3.05) is 18.0 Å². The highest BCUT2D eigenvalue weighted by Gasteiger charge is 2.57. The fourth-order valence-corrected chi connectivity index (χ4v) is 6.20. The van der Waals surface area contributed by atoms with Crippen LogP contribution in [0.15, 0.2) is 22.8 Å². The van der Waals surface area contributed by atoms with Crippen LogP contribution in [0.5, 0.6) is 0 Å². The molecule has 2 saturated heterocycles. The maximum absolute atomic E-state index is 12.8. The number of carboxylic acids is 1. The lowest BCUT2D eigenvalue weighted by molar-refractivity contribution is -0.156. The molecule has 2 aliphatic rings. The van der Waals surface area contributed by atoms with Crippen LogP contribution in [-0.2, 0) is 20.6 Å². The Hall–Kier alpha value is -3.18. The number of nitrogens with zero attached hydrogens (tertiary/aromatic N) is 4. The number of nitrogen functional groups attached to an aromatic ring is 1. The van der Waals surface area contributed by atoms with Gasteiger partial charge < -0.3 is 26.3 Å². The van der Waals surface area contributed by atoms with Crippen molar-refractivity contribution in [1.29, 1.82) is 0 Å². The number of alkyl halides is 3. The molecule has 11 nitrogen and oxygen atoms in total. The maximum Gasteiger partial charge on any atom is 0.443 e. The third-order valence-corrected chi connectivity index (χ3v) is 8.46. The average Bonchev–Trinajstić information content (AvgIpc) is 3.45. The molecule has 3 atom stereocenters. The highest BCUT2D eigenvalue weighted by atomic mass is 32.2. The molecule has 5 N–H and O–H groups in total. The van der Waals surface area contributed by atoms with Gasteiger partial charge in [0, 0.05) is 28.8 Å². The van der Waals surface area contributed by atoms with Gasteiger partial charge in [0.25, 0.3) is 5.91 Å². The average molecular weight is 549 g/mol. The Morgan fingerprint density at radius 2 is 2.14 bits per heavy atom. The first-order chi connectivity index (χ1) is 16.4. The second-order valence-electron chi connectivity index (χ2n) is 7.50. The molecule has 0 saturated carbocycles. The van der Waals surface area contributed by atoms with Crippen molar-refractivity contribution in [3.05, 3.63) is 33.2 Å². The van der Waals surface area contributed by atoms with E-state index in [4.69, 9.17) is 5.73 Å². The molecule has 0 radical (unpaired) electrons. The second kappa shape index (κ2) is 9.12. The number of oxime groups is 1. The number of carboxylic acid groups (broad SMARTS) is 1. The molecule has 0 spiro atoms. The number of thiazole rings is 2. The predicted molar refractivity (Wildman–Crippen MR) is 121 cm³/mol. The third-order valence-electron chi connectivity index (χ3n) is 5.23. The van der Waals surface area contributed by atoms with Crippen molar-refractivity contribution in [3.63, 3.8) is 0 Å². The molecule has 35 heavy (non-hydrogen) atoms. The van der Waals surface area contributed by atoms with Crippen molar-refractivity contribution >= 4 is 69.1 Å². The van der Waals surface area contributed by atoms with E-state index >= 15 is 0 Å². The Bertz CT molecular complexity index is 1240. The predicted octanol–water partition coefficient (Wildman–Crippen LogP) is 1.56. The largest absolute Gasteiger partial charge is 0.481 e. The van der Waals surface area contributed by atoms with E-state index in [0.29, 0.717) is 11.3 Å². The number of aromatic nitrogens is 2. The minimum absolute atomic E-state index is 0.00581. The number of amides is 2. The zero-order valence-electron chi connectivity index (χ0n) is 17.2. The van der Waals surface area contributed by atoms with Crippen LogP contribution in [0.4, 0.5) is 18.3 Å². The number of hydrogen-bond donors (Lipinski definition) is 4. The normalized spacial score (nSPS) is 24.8. The van der Waals surface area contributed by atoms with Gasteiger partial charge >= 0.3 is 12.1 Å². The molecule has 2 amide bonds. The molecule has 4 rings (SSSR count). The van der Waals surface area contributed by atoms with E-state index in [1.165, 1.54) is 22.4 Å². The molecule has 0 aliphatic carbocycles. The van der Waals surface area contributed by atoms with Crippen molar-refractivity contribution in [1.82, 2.24) is 20.2 Å². The Labute approximate surface area is 206 Å². The zero-order valence-corrected chi connectivity index (χ0v) is 19.7. The van der Waals surface area contributed by atoms with Crippen molar-refractivity contribution < 1.29 is 37.9 Å². The van der Waals surface area contributed by atoms with Crippen LogP contribution in [0.2, 0.25) is 0 Å². The molecule has 17 heteroatoms. The molecule has 2 fully saturated rings. The lowest BCUT2D eigenvalue weighted by Crippen LogP contribution is -2.73. The van der Waals surface area contributed by atoms with E-state index in [-0.39, 0.29) is 28.0 Å². The van der Waals surface area contributed by atoms with Gasteiger partial charge in [-0.05, 0) is 6.08 Å². The highest BCUT2D eigenvalue weighted by Crippen LogP contribution is 2.43. The smallest absolute Gasteiger partial charge is 0.443 e. The number of carbonyl (C=O) groups is 3. The van der Waals surface area contributed by atoms with E-state index in [0.717, 1.165) is 29.3 Å². The second-order valence-corrected chi connectivity index (χ2v) is 10.6. The fourth-order valence-electron chi connectivity index (χ4n) is 3.45. The number of β-lactam (4-membered cyclic amide) rings is 1. The number of halogens is 3. The van der Waals surface area contributed by atoms with Crippen molar-refractivity contribution in [2.24, 2.45) is 10.6 Å². The van der Waals surface area contributed by atoms with Crippen molar-refractivity contribution in [2.45, 2.75) is 17.6 Å². The topological polar surface area (TPSA) is 171 Å². The van der Waals surface area contributed by atoms with Crippen molar-refractivity contribution in [3.8, 4) is 0 Å². The minimum atomic E-state index is -4.61. The number of nitrogens with two attached hydrogens (primary N) is 1. The SMILES string of the molecule is Nc1nc(C(=NO)C(=O)NC2C(=O)N3CC(C=Cc4cnc(C(F)(F)F)s4)(C(=O)O)CS[C@H]23)cs1. The first-order valence-corrected chi connectivity index (χ1v) is 12.3. The first-order valence-electron chi connectivity index (χ1n) is 9.57. The van der Waals surface area contributed by atoms with E-state index < -0.39 is 51.5 Å². The summed E-state index contributed by atoms with van der Waals surface area (Å²) in [6.07, 6.45) is -1.11. The number of aliphatic carboxylic acids is 1.